The lowest BCUT2D eigenvalue weighted by Crippen LogP contribution is -1.80. The molecule has 0 atom stereocenters. The summed E-state index contributed by atoms with van der Waals surface area (Å²) in [5, 5.41) is 20.4. The summed E-state index contributed by atoms with van der Waals surface area (Å²) in [4.78, 5) is 0. The first kappa shape index (κ1) is 12.3. The summed E-state index contributed by atoms with van der Waals surface area (Å²) in [6.45, 7) is 0. The highest BCUT2D eigenvalue weighted by Crippen LogP contribution is 2.22. The molecule has 2 aromatic carbocycles. The lowest BCUT2D eigenvalue weighted by atomic mass is 10.2. The van der Waals surface area contributed by atoms with E-state index in [-0.39, 0.29) is 0 Å². The van der Waals surface area contributed by atoms with E-state index < -0.39 is 0 Å². The quantitative estimate of drug-likeness (QED) is 0.373. The summed E-state index contributed by atoms with van der Waals surface area (Å²) in [7, 11) is 0. The molecule has 4 nitrogen and oxygen atoms in total. The second-order valence-electron chi connectivity index (χ2n) is 3.48. The van der Waals surface area contributed by atoms with Gasteiger partial charge in [-0.25, -0.2) is 0 Å². The van der Waals surface area contributed by atoms with Gasteiger partial charge in [0, 0.05) is 10.6 Å². The van der Waals surface area contributed by atoms with Crippen LogP contribution in [0.25, 0.3) is 0 Å². The Labute approximate surface area is 109 Å². The van der Waals surface area contributed by atoms with Gasteiger partial charge in [0.25, 0.3) is 0 Å². The van der Waals surface area contributed by atoms with Crippen molar-refractivity contribution in [3.63, 3.8) is 0 Å². The third-order valence-electron chi connectivity index (χ3n) is 2.23. The zero-order chi connectivity index (χ0) is 12.8. The zero-order valence-electron chi connectivity index (χ0n) is 9.36. The van der Waals surface area contributed by atoms with Crippen LogP contribution in [-0.2, 0) is 0 Å². The summed E-state index contributed by atoms with van der Waals surface area (Å²) < 4.78 is 0. The van der Waals surface area contributed by atoms with Gasteiger partial charge in [0.05, 0.1) is 17.6 Å². The van der Waals surface area contributed by atoms with Gasteiger partial charge in [0.15, 0.2) is 0 Å². The predicted molar refractivity (Wildman–Crippen MR) is 71.5 cm³/mol. The minimum atomic E-state index is 0.630. The maximum absolute atomic E-state index is 8.54. The monoisotopic (exact) mass is 259 g/mol. The van der Waals surface area contributed by atoms with Crippen LogP contribution in [0.4, 0.5) is 11.4 Å². The molecule has 0 aliphatic carbocycles. The maximum Gasteiger partial charge on any atom is 0.0946 e. The Hall–Kier alpha value is -2.20. The van der Waals surface area contributed by atoms with E-state index in [1.165, 1.54) is 6.21 Å². The molecule has 0 spiro atoms. The SMILES string of the molecule is O/N=C\c1ccccc1/N=N/c1ccc(Cl)cc1. The zero-order valence-corrected chi connectivity index (χ0v) is 10.1. The van der Waals surface area contributed by atoms with Crippen LogP contribution in [0.5, 0.6) is 0 Å². The fraction of sp³-hybridized carbons (Fsp3) is 0. The standard InChI is InChI=1S/C13H10ClN3O/c14-11-5-7-12(8-6-11)16-17-13-4-2-1-3-10(13)9-15-18/h1-9,18H/b15-9-,17-16+. The lowest BCUT2D eigenvalue weighted by Gasteiger charge is -1.97. The molecule has 2 aromatic rings. The molecule has 1 N–H and O–H groups in total. The largest absolute Gasteiger partial charge is 0.411 e. The Bertz CT molecular complexity index is 579. The molecule has 18 heavy (non-hydrogen) atoms. The van der Waals surface area contributed by atoms with E-state index >= 15 is 0 Å². The van der Waals surface area contributed by atoms with Gasteiger partial charge in [-0.1, -0.05) is 35.0 Å². The van der Waals surface area contributed by atoms with Gasteiger partial charge in [0.2, 0.25) is 0 Å². The predicted octanol–water partition coefficient (Wildman–Crippen LogP) is 4.56. The molecule has 0 unspecified atom stereocenters. The van der Waals surface area contributed by atoms with E-state index in [0.717, 1.165) is 0 Å². The van der Waals surface area contributed by atoms with Crippen LogP contribution in [-0.4, -0.2) is 11.4 Å². The third-order valence-corrected chi connectivity index (χ3v) is 2.49. The highest BCUT2D eigenvalue weighted by molar-refractivity contribution is 6.30. The molecular weight excluding hydrogens is 250 g/mol. The van der Waals surface area contributed by atoms with Crippen LogP contribution in [0.3, 0.4) is 0 Å². The minimum Gasteiger partial charge on any atom is -0.411 e. The highest BCUT2D eigenvalue weighted by Gasteiger charge is 1.97. The number of halogens is 1. The average Bonchev–Trinajstić information content (AvgIpc) is 2.40. The summed E-state index contributed by atoms with van der Waals surface area (Å²) in [5.74, 6) is 0. The summed E-state index contributed by atoms with van der Waals surface area (Å²) in [5.41, 5.74) is 2.03. The Morgan fingerprint density at radius 3 is 2.39 bits per heavy atom. The van der Waals surface area contributed by atoms with Gasteiger partial charge >= 0.3 is 0 Å². The fourth-order valence-corrected chi connectivity index (χ4v) is 1.50. The van der Waals surface area contributed by atoms with Crippen molar-refractivity contribution in [1.82, 2.24) is 0 Å². The van der Waals surface area contributed by atoms with Crippen molar-refractivity contribution in [2.24, 2.45) is 15.4 Å². The second-order valence-corrected chi connectivity index (χ2v) is 3.92. The topological polar surface area (TPSA) is 57.3 Å². The van der Waals surface area contributed by atoms with Crippen LogP contribution in [0.2, 0.25) is 5.02 Å². The first-order chi connectivity index (χ1) is 8.79. The van der Waals surface area contributed by atoms with E-state index in [2.05, 4.69) is 15.4 Å². The van der Waals surface area contributed by atoms with Gasteiger partial charge in [-0.2, -0.15) is 5.11 Å². The van der Waals surface area contributed by atoms with E-state index in [4.69, 9.17) is 16.8 Å². The molecule has 0 bridgehead atoms. The molecule has 2 rings (SSSR count). The van der Waals surface area contributed by atoms with Gasteiger partial charge in [0.1, 0.15) is 0 Å². The van der Waals surface area contributed by atoms with Crippen molar-refractivity contribution in [1.29, 1.82) is 0 Å². The number of hydrogen-bond donors (Lipinski definition) is 1. The fourth-order valence-electron chi connectivity index (χ4n) is 1.37. The lowest BCUT2D eigenvalue weighted by molar-refractivity contribution is 0.322. The van der Waals surface area contributed by atoms with Crippen LogP contribution < -0.4 is 0 Å². The highest BCUT2D eigenvalue weighted by atomic mass is 35.5. The molecule has 0 aliphatic rings. The first-order valence-corrected chi connectivity index (χ1v) is 5.61. The molecule has 0 amide bonds. The van der Waals surface area contributed by atoms with E-state index in [9.17, 15) is 0 Å². The van der Waals surface area contributed by atoms with E-state index in [0.29, 0.717) is 22.0 Å². The van der Waals surface area contributed by atoms with Crippen molar-refractivity contribution in [2.45, 2.75) is 0 Å². The Morgan fingerprint density at radius 1 is 0.944 bits per heavy atom. The normalized spacial score (nSPS) is 11.4. The van der Waals surface area contributed by atoms with Crippen LogP contribution >= 0.6 is 11.6 Å². The molecule has 0 aromatic heterocycles. The smallest absolute Gasteiger partial charge is 0.0946 e. The number of nitrogens with zero attached hydrogens (tertiary/aromatic N) is 3. The molecule has 0 saturated heterocycles. The number of benzene rings is 2. The molecule has 0 heterocycles. The Kier molecular flexibility index (Phi) is 4.04. The van der Waals surface area contributed by atoms with Gasteiger partial charge in [-0.05, 0) is 30.3 Å². The molecule has 0 fully saturated rings. The second kappa shape index (κ2) is 5.93. The minimum absolute atomic E-state index is 0.630. The van der Waals surface area contributed by atoms with Gasteiger partial charge < -0.3 is 5.21 Å². The van der Waals surface area contributed by atoms with Crippen molar-refractivity contribution in [2.75, 3.05) is 0 Å². The van der Waals surface area contributed by atoms with E-state index in [1.54, 1.807) is 36.4 Å². The summed E-state index contributed by atoms with van der Waals surface area (Å²) in [6, 6.07) is 14.3. The first-order valence-electron chi connectivity index (χ1n) is 5.23. The molecule has 0 radical (unpaired) electrons. The van der Waals surface area contributed by atoms with Crippen molar-refractivity contribution in [3.8, 4) is 0 Å². The van der Waals surface area contributed by atoms with Crippen LogP contribution in [0.15, 0.2) is 63.9 Å². The maximum atomic E-state index is 8.54. The molecular formula is C13H10ClN3O. The summed E-state index contributed by atoms with van der Waals surface area (Å²) >= 11 is 5.78. The number of rotatable bonds is 3. The molecule has 0 aliphatic heterocycles. The Balaban J connectivity index is 2.25. The van der Waals surface area contributed by atoms with Crippen molar-refractivity contribution in [3.05, 3.63) is 59.1 Å². The molecule has 0 saturated carbocycles. The van der Waals surface area contributed by atoms with Crippen molar-refractivity contribution < 1.29 is 5.21 Å². The average molecular weight is 260 g/mol. The molecule has 5 heteroatoms. The van der Waals surface area contributed by atoms with Gasteiger partial charge in [-0.3, -0.25) is 0 Å². The number of hydrogen-bond acceptors (Lipinski definition) is 4. The van der Waals surface area contributed by atoms with E-state index in [1.807, 2.05) is 12.1 Å². The van der Waals surface area contributed by atoms with Crippen LogP contribution in [0, 0.1) is 0 Å². The molecule has 90 valence electrons. The summed E-state index contributed by atoms with van der Waals surface area (Å²) in [6.07, 6.45) is 1.32. The number of oxime groups is 1. The van der Waals surface area contributed by atoms with Crippen molar-refractivity contribution >= 4 is 29.2 Å². The van der Waals surface area contributed by atoms with Gasteiger partial charge in [-0.15, -0.1) is 5.11 Å². The van der Waals surface area contributed by atoms with Crippen LogP contribution in [0.1, 0.15) is 5.56 Å². The Morgan fingerprint density at radius 2 is 1.67 bits per heavy atom. The third kappa shape index (κ3) is 3.15. The number of azo groups is 1.